The minimum absolute atomic E-state index is 0.228. The summed E-state index contributed by atoms with van der Waals surface area (Å²) in [7, 11) is 0. The minimum atomic E-state index is -0.912. The molecule has 1 atom stereocenters. The summed E-state index contributed by atoms with van der Waals surface area (Å²) in [6, 6.07) is 10.7. The maximum atomic E-state index is 11.0. The molecule has 4 heteroatoms. The van der Waals surface area contributed by atoms with E-state index in [2.05, 4.69) is 4.74 Å². The number of nitriles is 1. The monoisotopic (exact) mass is 205 g/mol. The summed E-state index contributed by atoms with van der Waals surface area (Å²) in [5.41, 5.74) is 0.632. The van der Waals surface area contributed by atoms with Crippen LogP contribution in [-0.2, 0) is 9.47 Å². The molecule has 4 nitrogen and oxygen atoms in total. The Labute approximate surface area is 88.0 Å². The molecule has 0 unspecified atom stereocenters. The molecule has 1 rings (SSSR count). The summed E-state index contributed by atoms with van der Waals surface area (Å²) < 4.78 is 9.39. The van der Waals surface area contributed by atoms with Gasteiger partial charge in [0.1, 0.15) is 6.07 Å². The van der Waals surface area contributed by atoms with Gasteiger partial charge in [0.2, 0.25) is 6.10 Å². The lowest BCUT2D eigenvalue weighted by Crippen LogP contribution is -2.11. The summed E-state index contributed by atoms with van der Waals surface area (Å²) in [5.74, 6) is 0. The normalized spacial score (nSPS) is 11.2. The number of carbonyl (C=O) groups excluding carboxylic acids is 1. The van der Waals surface area contributed by atoms with Crippen LogP contribution < -0.4 is 0 Å². The number of rotatable bonds is 3. The lowest BCUT2D eigenvalue weighted by atomic mass is 10.1. The molecule has 0 aliphatic carbocycles. The van der Waals surface area contributed by atoms with Gasteiger partial charge in [-0.05, 0) is 6.92 Å². The SMILES string of the molecule is CCOC(=O)O[C@@H](C#N)c1ccccc1. The van der Waals surface area contributed by atoms with Crippen LogP contribution in [0.5, 0.6) is 0 Å². The maximum Gasteiger partial charge on any atom is 0.509 e. The third kappa shape index (κ3) is 3.31. The Morgan fingerprint density at radius 1 is 1.47 bits per heavy atom. The Kier molecular flexibility index (Phi) is 4.17. The van der Waals surface area contributed by atoms with Crippen molar-refractivity contribution in [1.82, 2.24) is 0 Å². The van der Waals surface area contributed by atoms with E-state index in [-0.39, 0.29) is 6.61 Å². The van der Waals surface area contributed by atoms with Crippen LogP contribution in [0.25, 0.3) is 0 Å². The summed E-state index contributed by atoms with van der Waals surface area (Å²) >= 11 is 0. The van der Waals surface area contributed by atoms with Crippen LogP contribution in [-0.4, -0.2) is 12.8 Å². The Morgan fingerprint density at radius 2 is 2.13 bits per heavy atom. The van der Waals surface area contributed by atoms with Crippen molar-refractivity contribution in [1.29, 1.82) is 5.26 Å². The van der Waals surface area contributed by atoms with Crippen molar-refractivity contribution in [3.8, 4) is 6.07 Å². The predicted octanol–water partition coefficient (Wildman–Crippen LogP) is 2.42. The average Bonchev–Trinajstić information content (AvgIpc) is 2.27. The Hall–Kier alpha value is -2.02. The van der Waals surface area contributed by atoms with Crippen molar-refractivity contribution in [2.24, 2.45) is 0 Å². The first-order chi connectivity index (χ1) is 7.27. The first-order valence-corrected chi connectivity index (χ1v) is 4.56. The maximum absolute atomic E-state index is 11.0. The van der Waals surface area contributed by atoms with Crippen LogP contribution in [0.1, 0.15) is 18.6 Å². The molecular weight excluding hydrogens is 194 g/mol. The standard InChI is InChI=1S/C11H11NO3/c1-2-14-11(13)15-10(8-12)9-6-4-3-5-7-9/h3-7,10H,2H2,1H3/t10-/m0/s1. The zero-order chi connectivity index (χ0) is 11.1. The molecule has 0 amide bonds. The minimum Gasteiger partial charge on any atom is -0.435 e. The van der Waals surface area contributed by atoms with Crippen molar-refractivity contribution in [3.05, 3.63) is 35.9 Å². The van der Waals surface area contributed by atoms with Gasteiger partial charge in [0.25, 0.3) is 0 Å². The Bertz CT molecular complexity index is 356. The van der Waals surface area contributed by atoms with E-state index < -0.39 is 12.3 Å². The summed E-state index contributed by atoms with van der Waals surface area (Å²) in [6.45, 7) is 1.90. The lowest BCUT2D eigenvalue weighted by Gasteiger charge is -2.10. The van der Waals surface area contributed by atoms with E-state index in [0.717, 1.165) is 0 Å². The van der Waals surface area contributed by atoms with Crippen molar-refractivity contribution >= 4 is 6.16 Å². The number of benzene rings is 1. The van der Waals surface area contributed by atoms with Gasteiger partial charge in [0.05, 0.1) is 6.61 Å². The van der Waals surface area contributed by atoms with Crippen LogP contribution in [0.3, 0.4) is 0 Å². The predicted molar refractivity (Wildman–Crippen MR) is 52.9 cm³/mol. The van der Waals surface area contributed by atoms with E-state index in [1.54, 1.807) is 31.2 Å². The average molecular weight is 205 g/mol. The zero-order valence-electron chi connectivity index (χ0n) is 8.34. The highest BCUT2D eigenvalue weighted by Gasteiger charge is 2.15. The molecule has 0 aliphatic heterocycles. The molecule has 0 heterocycles. The van der Waals surface area contributed by atoms with Gasteiger partial charge in [0, 0.05) is 5.56 Å². The highest BCUT2D eigenvalue weighted by atomic mass is 16.7. The molecule has 0 saturated heterocycles. The van der Waals surface area contributed by atoms with E-state index in [4.69, 9.17) is 10.00 Å². The Balaban J connectivity index is 2.66. The molecule has 0 aromatic heterocycles. The van der Waals surface area contributed by atoms with Gasteiger partial charge in [-0.1, -0.05) is 30.3 Å². The molecule has 0 radical (unpaired) electrons. The van der Waals surface area contributed by atoms with Crippen molar-refractivity contribution in [2.45, 2.75) is 13.0 Å². The van der Waals surface area contributed by atoms with Crippen molar-refractivity contribution in [2.75, 3.05) is 6.61 Å². The second-order valence-corrected chi connectivity index (χ2v) is 2.72. The highest BCUT2D eigenvalue weighted by Crippen LogP contribution is 2.16. The third-order valence-electron chi connectivity index (χ3n) is 1.70. The number of ether oxygens (including phenoxy) is 2. The zero-order valence-corrected chi connectivity index (χ0v) is 8.34. The second-order valence-electron chi connectivity index (χ2n) is 2.72. The van der Waals surface area contributed by atoms with Gasteiger partial charge in [-0.2, -0.15) is 5.26 Å². The topological polar surface area (TPSA) is 59.3 Å². The van der Waals surface area contributed by atoms with Gasteiger partial charge < -0.3 is 9.47 Å². The lowest BCUT2D eigenvalue weighted by molar-refractivity contribution is 0.0421. The second kappa shape index (κ2) is 5.66. The molecule has 0 aliphatic rings. The molecule has 15 heavy (non-hydrogen) atoms. The number of hydrogen-bond donors (Lipinski definition) is 0. The highest BCUT2D eigenvalue weighted by molar-refractivity contribution is 5.60. The van der Waals surface area contributed by atoms with Gasteiger partial charge in [-0.15, -0.1) is 0 Å². The fraction of sp³-hybridized carbons (Fsp3) is 0.273. The summed E-state index contributed by atoms with van der Waals surface area (Å²) in [5, 5.41) is 8.81. The molecule has 1 aromatic rings. The van der Waals surface area contributed by atoms with Crippen LogP contribution in [0.4, 0.5) is 4.79 Å². The van der Waals surface area contributed by atoms with Gasteiger partial charge in [0.15, 0.2) is 0 Å². The molecule has 1 aromatic carbocycles. The molecule has 0 saturated carbocycles. The van der Waals surface area contributed by atoms with E-state index in [1.807, 2.05) is 12.1 Å². The summed E-state index contributed by atoms with van der Waals surface area (Å²) in [4.78, 5) is 11.0. The number of nitrogens with zero attached hydrogens (tertiary/aromatic N) is 1. The Morgan fingerprint density at radius 3 is 2.67 bits per heavy atom. The van der Waals surface area contributed by atoms with Crippen LogP contribution in [0, 0.1) is 11.3 Å². The largest absolute Gasteiger partial charge is 0.509 e. The van der Waals surface area contributed by atoms with E-state index >= 15 is 0 Å². The van der Waals surface area contributed by atoms with Crippen LogP contribution in [0.2, 0.25) is 0 Å². The first kappa shape index (κ1) is 11.1. The smallest absolute Gasteiger partial charge is 0.435 e. The van der Waals surface area contributed by atoms with Gasteiger partial charge in [-0.3, -0.25) is 0 Å². The van der Waals surface area contributed by atoms with Crippen LogP contribution >= 0.6 is 0 Å². The summed E-state index contributed by atoms with van der Waals surface area (Å²) in [6.07, 6.45) is -1.74. The van der Waals surface area contributed by atoms with Crippen molar-refractivity contribution in [3.63, 3.8) is 0 Å². The van der Waals surface area contributed by atoms with Crippen molar-refractivity contribution < 1.29 is 14.3 Å². The van der Waals surface area contributed by atoms with E-state index in [1.165, 1.54) is 0 Å². The molecular formula is C11H11NO3. The fourth-order valence-corrected chi connectivity index (χ4v) is 1.04. The van der Waals surface area contributed by atoms with E-state index in [9.17, 15) is 4.79 Å². The van der Waals surface area contributed by atoms with Crippen LogP contribution in [0.15, 0.2) is 30.3 Å². The molecule has 0 N–H and O–H groups in total. The third-order valence-corrected chi connectivity index (χ3v) is 1.70. The number of hydrogen-bond acceptors (Lipinski definition) is 4. The van der Waals surface area contributed by atoms with Gasteiger partial charge >= 0.3 is 6.16 Å². The fourth-order valence-electron chi connectivity index (χ4n) is 1.04. The molecule has 0 fully saturated rings. The molecule has 78 valence electrons. The first-order valence-electron chi connectivity index (χ1n) is 4.56. The molecule has 0 spiro atoms. The molecule has 0 bridgehead atoms. The van der Waals surface area contributed by atoms with Gasteiger partial charge in [-0.25, -0.2) is 4.79 Å². The number of carbonyl (C=O) groups is 1. The quantitative estimate of drug-likeness (QED) is 0.711. The van der Waals surface area contributed by atoms with E-state index in [0.29, 0.717) is 5.56 Å².